The van der Waals surface area contributed by atoms with E-state index in [2.05, 4.69) is 22.4 Å². The molecule has 1 saturated carbocycles. The Balaban J connectivity index is 2.11. The molecule has 1 aromatic rings. The van der Waals surface area contributed by atoms with Gasteiger partial charge in [0.1, 0.15) is 5.56 Å². The van der Waals surface area contributed by atoms with E-state index in [-0.39, 0.29) is 5.56 Å². The van der Waals surface area contributed by atoms with Gasteiger partial charge in [0, 0.05) is 11.3 Å². The molecule has 2 atom stereocenters. The van der Waals surface area contributed by atoms with Gasteiger partial charge in [-0.3, -0.25) is 0 Å². The lowest BCUT2D eigenvalue weighted by Gasteiger charge is -2.21. The highest BCUT2D eigenvalue weighted by atomic mass is 32.2. The first-order valence-electron chi connectivity index (χ1n) is 6.15. The third kappa shape index (κ3) is 2.93. The SMILES string of the molecule is CCSC1CCCC1Nc1nnccc1C(=O)O. The first kappa shape index (κ1) is 13.1. The maximum atomic E-state index is 11.1. The summed E-state index contributed by atoms with van der Waals surface area (Å²) in [5.41, 5.74) is 0.192. The van der Waals surface area contributed by atoms with Crippen molar-refractivity contribution in [2.75, 3.05) is 11.1 Å². The van der Waals surface area contributed by atoms with Gasteiger partial charge in [-0.1, -0.05) is 13.3 Å². The van der Waals surface area contributed by atoms with Crippen LogP contribution in [0.1, 0.15) is 36.5 Å². The number of aromatic nitrogens is 2. The van der Waals surface area contributed by atoms with E-state index in [0.29, 0.717) is 17.1 Å². The van der Waals surface area contributed by atoms with Gasteiger partial charge in [0.05, 0.1) is 6.20 Å². The number of anilines is 1. The smallest absolute Gasteiger partial charge is 0.339 e. The maximum absolute atomic E-state index is 11.1. The second kappa shape index (κ2) is 6.04. The molecule has 1 aliphatic carbocycles. The molecule has 1 aromatic heterocycles. The zero-order valence-electron chi connectivity index (χ0n) is 10.3. The van der Waals surface area contributed by atoms with Gasteiger partial charge in [0.15, 0.2) is 5.82 Å². The van der Waals surface area contributed by atoms with E-state index in [1.165, 1.54) is 25.1 Å². The van der Waals surface area contributed by atoms with Gasteiger partial charge < -0.3 is 10.4 Å². The minimum absolute atomic E-state index is 0.192. The lowest BCUT2D eigenvalue weighted by molar-refractivity contribution is 0.0697. The molecule has 1 aliphatic rings. The molecule has 0 bridgehead atoms. The van der Waals surface area contributed by atoms with Crippen molar-refractivity contribution in [2.24, 2.45) is 0 Å². The number of carboxylic acids is 1. The first-order chi connectivity index (χ1) is 8.72. The van der Waals surface area contributed by atoms with E-state index < -0.39 is 5.97 Å². The Kier molecular flexibility index (Phi) is 4.41. The first-order valence-corrected chi connectivity index (χ1v) is 7.20. The average molecular weight is 267 g/mol. The molecule has 2 unspecified atom stereocenters. The standard InChI is InChI=1S/C12H17N3O2S/c1-2-18-10-5-3-4-9(10)14-11-8(12(16)17)6-7-13-15-11/h6-7,9-10H,2-5H2,1H3,(H,14,15)(H,16,17). The van der Waals surface area contributed by atoms with Crippen molar-refractivity contribution in [1.82, 2.24) is 10.2 Å². The number of rotatable bonds is 5. The Bertz CT molecular complexity index is 428. The lowest BCUT2D eigenvalue weighted by Crippen LogP contribution is -2.28. The molecule has 0 radical (unpaired) electrons. The van der Waals surface area contributed by atoms with Crippen LogP contribution in [-0.2, 0) is 0 Å². The highest BCUT2D eigenvalue weighted by Crippen LogP contribution is 2.32. The minimum atomic E-state index is -0.968. The molecule has 98 valence electrons. The van der Waals surface area contributed by atoms with Crippen LogP contribution >= 0.6 is 11.8 Å². The van der Waals surface area contributed by atoms with Crippen LogP contribution in [0.25, 0.3) is 0 Å². The summed E-state index contributed by atoms with van der Waals surface area (Å²) in [4.78, 5) is 11.1. The van der Waals surface area contributed by atoms with Crippen LogP contribution in [0.3, 0.4) is 0 Å². The summed E-state index contributed by atoms with van der Waals surface area (Å²) >= 11 is 1.92. The summed E-state index contributed by atoms with van der Waals surface area (Å²) in [6.45, 7) is 2.14. The fourth-order valence-electron chi connectivity index (χ4n) is 2.29. The highest BCUT2D eigenvalue weighted by molar-refractivity contribution is 7.99. The number of nitrogens with zero attached hydrogens (tertiary/aromatic N) is 2. The van der Waals surface area contributed by atoms with E-state index in [4.69, 9.17) is 5.11 Å². The predicted molar refractivity (Wildman–Crippen MR) is 72.2 cm³/mol. The van der Waals surface area contributed by atoms with Crippen LogP contribution in [0, 0.1) is 0 Å². The number of nitrogens with one attached hydrogen (secondary N) is 1. The summed E-state index contributed by atoms with van der Waals surface area (Å²) in [5.74, 6) is 0.499. The van der Waals surface area contributed by atoms with Crippen LogP contribution in [0.2, 0.25) is 0 Å². The number of aromatic carboxylic acids is 1. The van der Waals surface area contributed by atoms with Gasteiger partial charge in [0.25, 0.3) is 0 Å². The van der Waals surface area contributed by atoms with Crippen LogP contribution in [-0.4, -0.2) is 38.3 Å². The Morgan fingerprint density at radius 2 is 2.44 bits per heavy atom. The molecule has 2 N–H and O–H groups in total. The quantitative estimate of drug-likeness (QED) is 0.852. The van der Waals surface area contributed by atoms with Gasteiger partial charge in [-0.2, -0.15) is 16.9 Å². The van der Waals surface area contributed by atoms with Gasteiger partial charge in [-0.25, -0.2) is 4.79 Å². The van der Waals surface area contributed by atoms with Crippen LogP contribution in [0.15, 0.2) is 12.3 Å². The molecule has 0 saturated heterocycles. The number of hydrogen-bond acceptors (Lipinski definition) is 5. The third-order valence-corrected chi connectivity index (χ3v) is 4.43. The number of thioether (sulfide) groups is 1. The molecule has 6 heteroatoms. The van der Waals surface area contributed by atoms with E-state index >= 15 is 0 Å². The van der Waals surface area contributed by atoms with Crippen molar-refractivity contribution in [2.45, 2.75) is 37.5 Å². The van der Waals surface area contributed by atoms with Gasteiger partial charge >= 0.3 is 5.97 Å². The summed E-state index contributed by atoms with van der Waals surface area (Å²) in [6.07, 6.45) is 4.83. The third-order valence-electron chi connectivity index (χ3n) is 3.11. The normalized spacial score (nSPS) is 22.9. The summed E-state index contributed by atoms with van der Waals surface area (Å²) < 4.78 is 0. The van der Waals surface area contributed by atoms with Crippen molar-refractivity contribution in [3.63, 3.8) is 0 Å². The molecule has 0 aliphatic heterocycles. The molecule has 1 heterocycles. The van der Waals surface area contributed by atoms with E-state index in [9.17, 15) is 4.79 Å². The Hall–Kier alpha value is -1.30. The highest BCUT2D eigenvalue weighted by Gasteiger charge is 2.28. The zero-order chi connectivity index (χ0) is 13.0. The molecular formula is C12H17N3O2S. The zero-order valence-corrected chi connectivity index (χ0v) is 11.1. The van der Waals surface area contributed by atoms with Crippen molar-refractivity contribution in [3.8, 4) is 0 Å². The minimum Gasteiger partial charge on any atom is -0.478 e. The molecule has 5 nitrogen and oxygen atoms in total. The van der Waals surface area contributed by atoms with E-state index in [0.717, 1.165) is 12.2 Å². The largest absolute Gasteiger partial charge is 0.478 e. The Morgan fingerprint density at radius 3 is 3.17 bits per heavy atom. The average Bonchev–Trinajstić information content (AvgIpc) is 2.78. The van der Waals surface area contributed by atoms with Crippen molar-refractivity contribution in [3.05, 3.63) is 17.8 Å². The Morgan fingerprint density at radius 1 is 1.61 bits per heavy atom. The van der Waals surface area contributed by atoms with Crippen molar-refractivity contribution < 1.29 is 9.90 Å². The van der Waals surface area contributed by atoms with E-state index in [1.54, 1.807) is 0 Å². The fourth-order valence-corrected chi connectivity index (χ4v) is 3.49. The molecule has 18 heavy (non-hydrogen) atoms. The number of hydrogen-bond donors (Lipinski definition) is 2. The van der Waals surface area contributed by atoms with Crippen LogP contribution in [0.5, 0.6) is 0 Å². The molecular weight excluding hydrogens is 250 g/mol. The molecule has 2 rings (SSSR count). The molecule has 0 amide bonds. The molecule has 1 fully saturated rings. The maximum Gasteiger partial charge on any atom is 0.339 e. The van der Waals surface area contributed by atoms with Crippen LogP contribution in [0.4, 0.5) is 5.82 Å². The topological polar surface area (TPSA) is 75.1 Å². The molecule has 0 spiro atoms. The van der Waals surface area contributed by atoms with Gasteiger partial charge in [-0.15, -0.1) is 5.10 Å². The van der Waals surface area contributed by atoms with Gasteiger partial charge in [-0.05, 0) is 24.7 Å². The Labute approximate surface area is 110 Å². The van der Waals surface area contributed by atoms with E-state index in [1.807, 2.05) is 11.8 Å². The number of carboxylic acid groups (broad SMARTS) is 1. The van der Waals surface area contributed by atoms with Gasteiger partial charge in [0.2, 0.25) is 0 Å². The van der Waals surface area contributed by atoms with Crippen LogP contribution < -0.4 is 5.32 Å². The summed E-state index contributed by atoms with van der Waals surface area (Å²) in [5, 5.41) is 20.6. The molecule has 0 aromatic carbocycles. The predicted octanol–water partition coefficient (Wildman–Crippen LogP) is 2.26. The number of carbonyl (C=O) groups is 1. The second-order valence-corrected chi connectivity index (χ2v) is 5.79. The summed E-state index contributed by atoms with van der Waals surface area (Å²) in [6, 6.07) is 1.78. The fraction of sp³-hybridized carbons (Fsp3) is 0.583. The van der Waals surface area contributed by atoms with Crippen molar-refractivity contribution >= 4 is 23.5 Å². The monoisotopic (exact) mass is 267 g/mol. The second-order valence-electron chi connectivity index (χ2n) is 4.27. The summed E-state index contributed by atoms with van der Waals surface area (Å²) in [7, 11) is 0. The lowest BCUT2D eigenvalue weighted by atomic mass is 10.2. The van der Waals surface area contributed by atoms with Crippen molar-refractivity contribution in [1.29, 1.82) is 0 Å².